The van der Waals surface area contributed by atoms with Gasteiger partial charge in [-0.25, -0.2) is 9.78 Å². The van der Waals surface area contributed by atoms with E-state index in [9.17, 15) is 4.79 Å². The summed E-state index contributed by atoms with van der Waals surface area (Å²) in [5, 5.41) is 0. The molecule has 2 rings (SSSR count). The normalized spacial score (nSPS) is 9.81. The fraction of sp³-hybridized carbons (Fsp3) is 0. The number of aromatic nitrogens is 2. The lowest BCUT2D eigenvalue weighted by molar-refractivity contribution is 0.0728. The second-order valence-electron chi connectivity index (χ2n) is 2.93. The van der Waals surface area contributed by atoms with Gasteiger partial charge in [-0.15, -0.1) is 0 Å². The van der Waals surface area contributed by atoms with E-state index in [1.807, 2.05) is 0 Å². The van der Waals surface area contributed by atoms with Gasteiger partial charge in [-0.3, -0.25) is 4.98 Å². The summed E-state index contributed by atoms with van der Waals surface area (Å²) >= 11 is 3.29. The number of rotatable bonds is 2. The molecule has 2 aromatic rings. The zero-order chi connectivity index (χ0) is 11.4. The molecule has 0 atom stereocenters. The number of carbonyl (C=O) groups is 1. The number of hydrogen-bond donors (Lipinski definition) is 0. The van der Waals surface area contributed by atoms with Crippen LogP contribution in [0.1, 0.15) is 10.5 Å². The molecule has 5 heteroatoms. The highest BCUT2D eigenvalue weighted by atomic mass is 79.9. The summed E-state index contributed by atoms with van der Waals surface area (Å²) < 4.78 is 6.02. The van der Waals surface area contributed by atoms with E-state index in [1.165, 1.54) is 18.6 Å². The van der Waals surface area contributed by atoms with Gasteiger partial charge in [0, 0.05) is 16.9 Å². The van der Waals surface area contributed by atoms with Gasteiger partial charge in [-0.05, 0) is 24.3 Å². The molecule has 4 nitrogen and oxygen atoms in total. The maximum atomic E-state index is 11.6. The zero-order valence-electron chi connectivity index (χ0n) is 8.13. The van der Waals surface area contributed by atoms with E-state index >= 15 is 0 Å². The van der Waals surface area contributed by atoms with Crippen LogP contribution in [0.4, 0.5) is 0 Å². The van der Waals surface area contributed by atoms with E-state index in [0.29, 0.717) is 5.75 Å². The summed E-state index contributed by atoms with van der Waals surface area (Å²) in [6.45, 7) is 0. The lowest BCUT2D eigenvalue weighted by atomic mass is 10.3. The molecule has 0 amide bonds. The fourth-order valence-electron chi connectivity index (χ4n) is 1.07. The van der Waals surface area contributed by atoms with Crippen LogP contribution in [-0.4, -0.2) is 15.9 Å². The minimum Gasteiger partial charge on any atom is -0.422 e. The van der Waals surface area contributed by atoms with Gasteiger partial charge < -0.3 is 4.74 Å². The monoisotopic (exact) mass is 278 g/mol. The number of halogens is 1. The lowest BCUT2D eigenvalue weighted by Gasteiger charge is -2.02. The van der Waals surface area contributed by atoms with E-state index < -0.39 is 5.97 Å². The molecule has 0 aliphatic heterocycles. The van der Waals surface area contributed by atoms with Crippen LogP contribution in [0.25, 0.3) is 0 Å². The highest BCUT2D eigenvalue weighted by molar-refractivity contribution is 9.10. The highest BCUT2D eigenvalue weighted by Crippen LogP contribution is 2.16. The molecule has 0 N–H and O–H groups in total. The average molecular weight is 279 g/mol. The molecule has 0 saturated heterocycles. The Bertz CT molecular complexity index is 485. The van der Waals surface area contributed by atoms with Crippen molar-refractivity contribution in [2.45, 2.75) is 0 Å². The molecule has 1 aromatic carbocycles. The first kappa shape index (κ1) is 10.8. The number of carbonyl (C=O) groups excluding carboxylic acids is 1. The first-order chi connectivity index (χ1) is 7.75. The fourth-order valence-corrected chi connectivity index (χ4v) is 1.33. The molecule has 0 unspecified atom stereocenters. The highest BCUT2D eigenvalue weighted by Gasteiger charge is 2.09. The SMILES string of the molecule is O=C(Oc1ccc(Br)cc1)c1cnccn1. The minimum absolute atomic E-state index is 0.186. The summed E-state index contributed by atoms with van der Waals surface area (Å²) in [5.41, 5.74) is 0.186. The second-order valence-corrected chi connectivity index (χ2v) is 3.85. The van der Waals surface area contributed by atoms with Crippen molar-refractivity contribution in [3.05, 3.63) is 53.0 Å². The van der Waals surface area contributed by atoms with Crippen LogP contribution < -0.4 is 4.74 Å². The Balaban J connectivity index is 2.11. The van der Waals surface area contributed by atoms with Crippen LogP contribution in [0, 0.1) is 0 Å². The molecule has 80 valence electrons. The van der Waals surface area contributed by atoms with Crippen molar-refractivity contribution in [1.82, 2.24) is 9.97 Å². The van der Waals surface area contributed by atoms with E-state index in [1.54, 1.807) is 24.3 Å². The van der Waals surface area contributed by atoms with Crippen molar-refractivity contribution in [2.24, 2.45) is 0 Å². The smallest absolute Gasteiger partial charge is 0.363 e. The number of benzene rings is 1. The van der Waals surface area contributed by atoms with Crippen molar-refractivity contribution in [1.29, 1.82) is 0 Å². The van der Waals surface area contributed by atoms with Crippen molar-refractivity contribution in [3.63, 3.8) is 0 Å². The molecule has 1 aromatic heterocycles. The van der Waals surface area contributed by atoms with E-state index in [-0.39, 0.29) is 5.69 Å². The van der Waals surface area contributed by atoms with Gasteiger partial charge in [-0.1, -0.05) is 15.9 Å². The number of ether oxygens (including phenoxy) is 1. The third kappa shape index (κ3) is 2.64. The van der Waals surface area contributed by atoms with Crippen molar-refractivity contribution in [2.75, 3.05) is 0 Å². The molecule has 0 spiro atoms. The Morgan fingerprint density at radius 1 is 1.19 bits per heavy atom. The van der Waals surface area contributed by atoms with E-state index in [2.05, 4.69) is 25.9 Å². The maximum Gasteiger partial charge on any atom is 0.363 e. The van der Waals surface area contributed by atoms with Crippen molar-refractivity contribution in [3.8, 4) is 5.75 Å². The average Bonchev–Trinajstić information content (AvgIpc) is 2.33. The Morgan fingerprint density at radius 2 is 1.94 bits per heavy atom. The molecular weight excluding hydrogens is 272 g/mol. The maximum absolute atomic E-state index is 11.6. The second kappa shape index (κ2) is 4.85. The van der Waals surface area contributed by atoms with Gasteiger partial charge in [0.25, 0.3) is 0 Å². The summed E-state index contributed by atoms with van der Waals surface area (Å²) in [6, 6.07) is 6.97. The van der Waals surface area contributed by atoms with Gasteiger partial charge in [0.2, 0.25) is 0 Å². The van der Waals surface area contributed by atoms with Crippen LogP contribution in [0.2, 0.25) is 0 Å². The number of hydrogen-bond acceptors (Lipinski definition) is 4. The molecule has 0 radical (unpaired) electrons. The molecule has 1 heterocycles. The summed E-state index contributed by atoms with van der Waals surface area (Å²) in [6.07, 6.45) is 4.30. The zero-order valence-corrected chi connectivity index (χ0v) is 9.72. The standard InChI is InChI=1S/C11H7BrN2O2/c12-8-1-3-9(4-2-8)16-11(15)10-7-13-5-6-14-10/h1-7H. The van der Waals surface area contributed by atoms with Gasteiger partial charge >= 0.3 is 5.97 Å². The van der Waals surface area contributed by atoms with E-state index in [4.69, 9.17) is 4.74 Å². The van der Waals surface area contributed by atoms with Crippen molar-refractivity contribution < 1.29 is 9.53 Å². The molecule has 0 aliphatic rings. The molecule has 0 aliphatic carbocycles. The molecule has 0 bridgehead atoms. The third-order valence-corrected chi connectivity index (χ3v) is 2.33. The van der Waals surface area contributed by atoms with Gasteiger partial charge in [0.15, 0.2) is 5.69 Å². The summed E-state index contributed by atoms with van der Waals surface area (Å²) in [7, 11) is 0. The first-order valence-electron chi connectivity index (χ1n) is 4.49. The lowest BCUT2D eigenvalue weighted by Crippen LogP contribution is -2.10. The quantitative estimate of drug-likeness (QED) is 0.626. The van der Waals surface area contributed by atoms with Crippen LogP contribution in [-0.2, 0) is 0 Å². The predicted molar refractivity (Wildman–Crippen MR) is 61.1 cm³/mol. The molecule has 0 saturated carbocycles. The van der Waals surface area contributed by atoms with Gasteiger partial charge in [0.05, 0.1) is 6.20 Å². The Hall–Kier alpha value is -1.75. The Morgan fingerprint density at radius 3 is 2.56 bits per heavy atom. The topological polar surface area (TPSA) is 52.1 Å². The Kier molecular flexibility index (Phi) is 3.26. The van der Waals surface area contributed by atoms with Crippen LogP contribution in [0.15, 0.2) is 47.3 Å². The minimum atomic E-state index is -0.518. The van der Waals surface area contributed by atoms with Crippen LogP contribution >= 0.6 is 15.9 Å². The summed E-state index contributed by atoms with van der Waals surface area (Å²) in [5.74, 6) is -0.0470. The Labute approximate surface area is 100 Å². The van der Waals surface area contributed by atoms with Crippen LogP contribution in [0.5, 0.6) is 5.75 Å². The molecule has 0 fully saturated rings. The van der Waals surface area contributed by atoms with Crippen LogP contribution in [0.3, 0.4) is 0 Å². The third-order valence-electron chi connectivity index (χ3n) is 1.80. The largest absolute Gasteiger partial charge is 0.422 e. The molecular formula is C11H7BrN2O2. The van der Waals surface area contributed by atoms with E-state index in [0.717, 1.165) is 4.47 Å². The first-order valence-corrected chi connectivity index (χ1v) is 5.29. The van der Waals surface area contributed by atoms with Gasteiger partial charge in [0.1, 0.15) is 5.75 Å². The molecule has 16 heavy (non-hydrogen) atoms. The van der Waals surface area contributed by atoms with Gasteiger partial charge in [-0.2, -0.15) is 0 Å². The number of nitrogens with zero attached hydrogens (tertiary/aromatic N) is 2. The van der Waals surface area contributed by atoms with Crippen molar-refractivity contribution >= 4 is 21.9 Å². The summed E-state index contributed by atoms with van der Waals surface area (Å²) in [4.78, 5) is 19.2. The predicted octanol–water partition coefficient (Wildman–Crippen LogP) is 2.46. The number of esters is 1.